The third-order valence-corrected chi connectivity index (χ3v) is 12.5. The molecule has 0 saturated heterocycles. The molecular formula is C64H45N. The lowest BCUT2D eigenvalue weighted by Crippen LogP contribution is -2.09. The summed E-state index contributed by atoms with van der Waals surface area (Å²) < 4.78 is 0. The standard InChI is InChI=1S/C64H45N/c1-4-13-46(14-5-1)47-23-25-48(26-24-47)50-31-38-58(39-32-50)65(59-40-33-51(34-41-59)49-27-29-56(30-28-49)62-22-12-20-54-19-10-11-21-61(54)62)60-42-35-52(36-43-60)57-37-44-63(53-15-6-2-7-16-53)64(45-57)55-17-8-3-9-18-55/h1-45H. The smallest absolute Gasteiger partial charge is 0.0462 e. The SMILES string of the molecule is c1ccc(-c2ccc(-c3ccc(N(c4ccc(-c5ccc(-c6cccc7ccccc67)cc5)cc4)c4ccc(-c5ccc(-c6ccccc6)c(-c6ccccc6)c5)cc4)cc3)cc2)cc1. The Kier molecular flexibility index (Phi) is 10.7. The average Bonchev–Trinajstić information content (AvgIpc) is 3.40. The second-order valence-electron chi connectivity index (χ2n) is 16.5. The van der Waals surface area contributed by atoms with Gasteiger partial charge in [0, 0.05) is 17.1 Å². The van der Waals surface area contributed by atoms with Crippen molar-refractivity contribution in [2.75, 3.05) is 4.90 Å². The second-order valence-corrected chi connectivity index (χ2v) is 16.5. The summed E-state index contributed by atoms with van der Waals surface area (Å²) >= 11 is 0. The number of hydrogen-bond donors (Lipinski definition) is 0. The van der Waals surface area contributed by atoms with Crippen LogP contribution in [0, 0.1) is 0 Å². The summed E-state index contributed by atoms with van der Waals surface area (Å²) in [5, 5.41) is 2.53. The van der Waals surface area contributed by atoms with Crippen molar-refractivity contribution in [1.29, 1.82) is 0 Å². The van der Waals surface area contributed by atoms with Gasteiger partial charge in [0.1, 0.15) is 0 Å². The first-order valence-corrected chi connectivity index (χ1v) is 22.3. The van der Waals surface area contributed by atoms with Crippen molar-refractivity contribution in [1.82, 2.24) is 0 Å². The highest BCUT2D eigenvalue weighted by molar-refractivity contribution is 5.97. The van der Waals surface area contributed by atoms with Crippen molar-refractivity contribution < 1.29 is 0 Å². The van der Waals surface area contributed by atoms with Gasteiger partial charge in [-0.1, -0.05) is 231 Å². The van der Waals surface area contributed by atoms with Crippen molar-refractivity contribution in [3.05, 3.63) is 273 Å². The predicted octanol–water partition coefficient (Wildman–Crippen LogP) is 18.0. The van der Waals surface area contributed by atoms with Crippen LogP contribution in [0.1, 0.15) is 0 Å². The van der Waals surface area contributed by atoms with E-state index in [1.807, 2.05) is 0 Å². The molecule has 0 saturated carbocycles. The van der Waals surface area contributed by atoms with Crippen molar-refractivity contribution >= 4 is 27.8 Å². The van der Waals surface area contributed by atoms with Crippen LogP contribution in [0.25, 0.3) is 88.7 Å². The van der Waals surface area contributed by atoms with Crippen molar-refractivity contribution in [2.24, 2.45) is 0 Å². The monoisotopic (exact) mass is 827 g/mol. The maximum absolute atomic E-state index is 2.35. The molecule has 0 aliphatic heterocycles. The topological polar surface area (TPSA) is 3.24 Å². The van der Waals surface area contributed by atoms with E-state index in [4.69, 9.17) is 0 Å². The normalized spacial score (nSPS) is 11.1. The molecule has 0 atom stereocenters. The van der Waals surface area contributed by atoms with Gasteiger partial charge in [0.2, 0.25) is 0 Å². The third kappa shape index (κ3) is 8.16. The largest absolute Gasteiger partial charge is 0.311 e. The van der Waals surface area contributed by atoms with Crippen molar-refractivity contribution in [3.8, 4) is 77.9 Å². The van der Waals surface area contributed by atoms with Crippen LogP contribution in [0.2, 0.25) is 0 Å². The Balaban J connectivity index is 0.926. The molecule has 0 bridgehead atoms. The van der Waals surface area contributed by atoms with Crippen LogP contribution in [0.3, 0.4) is 0 Å². The van der Waals surface area contributed by atoms with Crippen LogP contribution in [-0.4, -0.2) is 0 Å². The fourth-order valence-electron chi connectivity index (χ4n) is 9.11. The first-order chi connectivity index (χ1) is 32.2. The minimum Gasteiger partial charge on any atom is -0.311 e. The lowest BCUT2D eigenvalue weighted by molar-refractivity contribution is 1.28. The van der Waals surface area contributed by atoms with Gasteiger partial charge in [-0.15, -0.1) is 0 Å². The summed E-state index contributed by atoms with van der Waals surface area (Å²) in [5.74, 6) is 0. The Bertz CT molecular complexity index is 3330. The average molecular weight is 828 g/mol. The number of benzene rings is 11. The molecule has 0 aliphatic carbocycles. The molecule has 0 aromatic heterocycles. The van der Waals surface area contributed by atoms with Crippen LogP contribution in [0.5, 0.6) is 0 Å². The van der Waals surface area contributed by atoms with Gasteiger partial charge in [-0.3, -0.25) is 0 Å². The molecule has 11 aromatic carbocycles. The summed E-state index contributed by atoms with van der Waals surface area (Å²) in [6.45, 7) is 0. The number of rotatable bonds is 10. The van der Waals surface area contributed by atoms with Crippen LogP contribution >= 0.6 is 0 Å². The highest BCUT2D eigenvalue weighted by atomic mass is 15.1. The second kappa shape index (κ2) is 17.7. The predicted molar refractivity (Wildman–Crippen MR) is 277 cm³/mol. The molecule has 0 heterocycles. The number of nitrogens with zero attached hydrogens (tertiary/aromatic N) is 1. The highest BCUT2D eigenvalue weighted by Crippen LogP contribution is 2.40. The Morgan fingerprint density at radius 2 is 0.508 bits per heavy atom. The Hall–Kier alpha value is -8.52. The lowest BCUT2D eigenvalue weighted by atomic mass is 9.91. The van der Waals surface area contributed by atoms with E-state index in [0.717, 1.165) is 17.1 Å². The van der Waals surface area contributed by atoms with Crippen molar-refractivity contribution in [2.45, 2.75) is 0 Å². The van der Waals surface area contributed by atoms with Crippen molar-refractivity contribution in [3.63, 3.8) is 0 Å². The zero-order valence-electron chi connectivity index (χ0n) is 35.9. The van der Waals surface area contributed by atoms with Crippen LogP contribution in [0.15, 0.2) is 273 Å². The maximum atomic E-state index is 2.35. The summed E-state index contributed by atoms with van der Waals surface area (Å²) in [6, 6.07) is 98.7. The van der Waals surface area contributed by atoms with E-state index in [9.17, 15) is 0 Å². The number of hydrogen-bond acceptors (Lipinski definition) is 1. The van der Waals surface area contributed by atoms with Crippen LogP contribution in [-0.2, 0) is 0 Å². The molecule has 11 rings (SSSR count). The van der Waals surface area contributed by atoms with Gasteiger partial charge in [0.25, 0.3) is 0 Å². The van der Waals surface area contributed by atoms with E-state index < -0.39 is 0 Å². The van der Waals surface area contributed by atoms with E-state index in [-0.39, 0.29) is 0 Å². The Morgan fingerprint density at radius 3 is 1.00 bits per heavy atom. The van der Waals surface area contributed by atoms with E-state index in [2.05, 4.69) is 278 Å². The highest BCUT2D eigenvalue weighted by Gasteiger charge is 2.16. The molecule has 0 spiro atoms. The van der Waals surface area contributed by atoms with E-state index in [1.54, 1.807) is 0 Å². The van der Waals surface area contributed by atoms with Gasteiger partial charge in [-0.25, -0.2) is 0 Å². The van der Waals surface area contributed by atoms with Crippen LogP contribution in [0.4, 0.5) is 17.1 Å². The van der Waals surface area contributed by atoms with Gasteiger partial charge in [0.15, 0.2) is 0 Å². The third-order valence-electron chi connectivity index (χ3n) is 12.5. The minimum absolute atomic E-state index is 1.09. The molecule has 0 amide bonds. The molecular weight excluding hydrogens is 783 g/mol. The van der Waals surface area contributed by atoms with E-state index in [0.29, 0.717) is 0 Å². The number of fused-ring (bicyclic) bond motifs is 1. The molecule has 1 nitrogen and oxygen atoms in total. The fourth-order valence-corrected chi connectivity index (χ4v) is 9.11. The van der Waals surface area contributed by atoms with Gasteiger partial charge < -0.3 is 4.90 Å². The summed E-state index contributed by atoms with van der Waals surface area (Å²) in [4.78, 5) is 2.35. The zero-order valence-corrected chi connectivity index (χ0v) is 35.9. The quantitative estimate of drug-likeness (QED) is 0.133. The Labute approximate surface area is 381 Å². The van der Waals surface area contributed by atoms with Gasteiger partial charge >= 0.3 is 0 Å². The van der Waals surface area contributed by atoms with Crippen LogP contribution < -0.4 is 4.90 Å². The van der Waals surface area contributed by atoms with Gasteiger partial charge in [-0.05, 0) is 131 Å². The molecule has 0 fully saturated rings. The first-order valence-electron chi connectivity index (χ1n) is 22.3. The molecule has 1 heteroatoms. The maximum Gasteiger partial charge on any atom is 0.0462 e. The molecule has 0 unspecified atom stereocenters. The molecule has 0 radical (unpaired) electrons. The summed E-state index contributed by atoms with van der Waals surface area (Å²) in [6.07, 6.45) is 0. The van der Waals surface area contributed by atoms with E-state index >= 15 is 0 Å². The minimum atomic E-state index is 1.09. The van der Waals surface area contributed by atoms with Gasteiger partial charge in [0.05, 0.1) is 0 Å². The molecule has 0 N–H and O–H groups in total. The first kappa shape index (κ1) is 39.3. The lowest BCUT2D eigenvalue weighted by Gasteiger charge is -2.26. The molecule has 306 valence electrons. The van der Waals surface area contributed by atoms with E-state index in [1.165, 1.54) is 88.7 Å². The number of anilines is 3. The zero-order chi connectivity index (χ0) is 43.4. The molecule has 0 aliphatic rings. The molecule has 65 heavy (non-hydrogen) atoms. The summed E-state index contributed by atoms with van der Waals surface area (Å²) in [5.41, 5.74) is 20.1. The fraction of sp³-hybridized carbons (Fsp3) is 0. The Morgan fingerprint density at radius 1 is 0.185 bits per heavy atom. The van der Waals surface area contributed by atoms with Gasteiger partial charge in [-0.2, -0.15) is 0 Å². The molecule has 11 aromatic rings. The summed E-state index contributed by atoms with van der Waals surface area (Å²) in [7, 11) is 0.